The molecule has 4 heteroatoms. The number of allylic oxidation sites excluding steroid dienone is 1. The maximum absolute atomic E-state index is 12.2. The molecule has 0 saturated heterocycles. The number of rotatable bonds is 7. The molecule has 0 saturated carbocycles. The molecule has 0 amide bonds. The molecule has 114 valence electrons. The Labute approximate surface area is 121 Å². The average Bonchev–Trinajstić information content (AvgIpc) is 2.38. The van der Waals surface area contributed by atoms with Crippen LogP contribution in [-0.2, 0) is 14.3 Å². The number of Topliss-reactive ketones (excluding diaryl/α,β-unsaturated/α-hetero) is 1. The van der Waals surface area contributed by atoms with Crippen LogP contribution < -0.4 is 0 Å². The highest BCUT2D eigenvalue weighted by atomic mass is 16.5. The van der Waals surface area contributed by atoms with Crippen molar-refractivity contribution in [1.29, 1.82) is 0 Å². The fourth-order valence-corrected chi connectivity index (χ4v) is 2.03. The van der Waals surface area contributed by atoms with Crippen molar-refractivity contribution in [3.8, 4) is 0 Å². The first kappa shape index (κ1) is 17.1. The Morgan fingerprint density at radius 2 is 2.05 bits per heavy atom. The number of methoxy groups -OCH3 is 1. The van der Waals surface area contributed by atoms with Gasteiger partial charge in [0.2, 0.25) is 0 Å². The van der Waals surface area contributed by atoms with Crippen molar-refractivity contribution >= 4 is 5.78 Å². The number of ether oxygens (including phenoxy) is 2. The second-order valence-electron chi connectivity index (χ2n) is 6.19. The molecule has 0 spiro atoms. The number of carbonyl (C=O) groups is 1. The van der Waals surface area contributed by atoms with Crippen molar-refractivity contribution in [3.63, 3.8) is 0 Å². The maximum atomic E-state index is 12.2. The molecule has 1 aliphatic carbocycles. The zero-order chi connectivity index (χ0) is 15.4. The Balaban J connectivity index is 2.63. The smallest absolute Gasteiger partial charge is 0.193 e. The fourth-order valence-electron chi connectivity index (χ4n) is 2.03. The monoisotopic (exact) mass is 282 g/mol. The van der Waals surface area contributed by atoms with Gasteiger partial charge >= 0.3 is 0 Å². The van der Waals surface area contributed by atoms with Crippen LogP contribution >= 0.6 is 0 Å². The van der Waals surface area contributed by atoms with Gasteiger partial charge in [-0.2, -0.15) is 0 Å². The van der Waals surface area contributed by atoms with Gasteiger partial charge in [-0.1, -0.05) is 18.2 Å². The molecule has 0 aromatic carbocycles. The van der Waals surface area contributed by atoms with Gasteiger partial charge in [-0.25, -0.2) is 0 Å². The van der Waals surface area contributed by atoms with Crippen molar-refractivity contribution in [2.45, 2.75) is 57.8 Å². The van der Waals surface area contributed by atoms with Crippen LogP contribution in [0.2, 0.25) is 0 Å². The summed E-state index contributed by atoms with van der Waals surface area (Å²) in [4.78, 5) is 12.2. The molecule has 1 atom stereocenters. The molecular formula is C16H26O4. The van der Waals surface area contributed by atoms with Gasteiger partial charge in [-0.15, -0.1) is 0 Å². The van der Waals surface area contributed by atoms with Crippen LogP contribution in [0.5, 0.6) is 0 Å². The van der Waals surface area contributed by atoms with Gasteiger partial charge in [0, 0.05) is 19.3 Å². The lowest BCUT2D eigenvalue weighted by molar-refractivity contribution is -0.132. The summed E-state index contributed by atoms with van der Waals surface area (Å²) < 4.78 is 11.1. The van der Waals surface area contributed by atoms with Crippen LogP contribution in [0.4, 0.5) is 0 Å². The van der Waals surface area contributed by atoms with Gasteiger partial charge in [0.1, 0.15) is 5.60 Å². The molecule has 20 heavy (non-hydrogen) atoms. The van der Waals surface area contributed by atoms with Crippen molar-refractivity contribution in [1.82, 2.24) is 0 Å². The van der Waals surface area contributed by atoms with Gasteiger partial charge in [0.15, 0.2) is 5.78 Å². The second kappa shape index (κ2) is 6.66. The van der Waals surface area contributed by atoms with E-state index >= 15 is 0 Å². The van der Waals surface area contributed by atoms with Gasteiger partial charge < -0.3 is 14.6 Å². The molecule has 0 radical (unpaired) electrons. The van der Waals surface area contributed by atoms with E-state index in [0.717, 1.165) is 0 Å². The first-order chi connectivity index (χ1) is 9.22. The second-order valence-corrected chi connectivity index (χ2v) is 6.19. The van der Waals surface area contributed by atoms with Crippen LogP contribution in [0.1, 0.15) is 40.5 Å². The third-order valence-corrected chi connectivity index (χ3v) is 3.56. The number of hydrogen-bond acceptors (Lipinski definition) is 4. The quantitative estimate of drug-likeness (QED) is 0.779. The molecule has 0 aromatic heterocycles. The lowest BCUT2D eigenvalue weighted by Gasteiger charge is -2.30. The largest absolute Gasteiger partial charge is 0.396 e. The lowest BCUT2D eigenvalue weighted by Crippen LogP contribution is -2.36. The van der Waals surface area contributed by atoms with E-state index in [0.29, 0.717) is 18.4 Å². The highest BCUT2D eigenvalue weighted by Crippen LogP contribution is 2.24. The SMILES string of the molecule is COC(C)(C)C(=O)C1=CCC(OC(C)(C)CCO)C=C1. The molecule has 4 nitrogen and oxygen atoms in total. The minimum absolute atomic E-state index is 0.0238. The van der Waals surface area contributed by atoms with Crippen molar-refractivity contribution in [2.24, 2.45) is 0 Å². The van der Waals surface area contributed by atoms with E-state index in [2.05, 4.69) is 0 Å². The summed E-state index contributed by atoms with van der Waals surface area (Å²) in [5.74, 6) is -0.0238. The van der Waals surface area contributed by atoms with Gasteiger partial charge in [-0.05, 0) is 40.5 Å². The number of carbonyl (C=O) groups excluding carboxylic acids is 1. The van der Waals surface area contributed by atoms with Gasteiger partial charge in [-0.3, -0.25) is 4.79 Å². The fraction of sp³-hybridized carbons (Fsp3) is 0.688. The molecule has 1 N–H and O–H groups in total. The number of aliphatic hydroxyl groups is 1. The Morgan fingerprint density at radius 3 is 2.50 bits per heavy atom. The van der Waals surface area contributed by atoms with Crippen LogP contribution in [0.15, 0.2) is 23.8 Å². The van der Waals surface area contributed by atoms with Crippen LogP contribution in [-0.4, -0.2) is 41.9 Å². The zero-order valence-corrected chi connectivity index (χ0v) is 13.1. The summed E-state index contributed by atoms with van der Waals surface area (Å²) in [5, 5.41) is 8.99. The Kier molecular flexibility index (Phi) is 5.68. The summed E-state index contributed by atoms with van der Waals surface area (Å²) in [5.41, 5.74) is -0.512. The standard InChI is InChI=1S/C16H26O4/c1-15(2,10-11-17)20-13-8-6-12(7-9-13)14(18)16(3,4)19-5/h6-8,13,17H,9-11H2,1-5H3. The average molecular weight is 282 g/mol. The highest BCUT2D eigenvalue weighted by Gasteiger charge is 2.30. The van der Waals surface area contributed by atoms with Crippen LogP contribution in [0, 0.1) is 0 Å². The van der Waals surface area contributed by atoms with E-state index in [1.54, 1.807) is 19.9 Å². The van der Waals surface area contributed by atoms with Gasteiger partial charge in [0.25, 0.3) is 0 Å². The predicted octanol–water partition coefficient (Wildman–Crippen LogP) is 2.41. The van der Waals surface area contributed by atoms with Crippen molar-refractivity contribution in [2.75, 3.05) is 13.7 Å². The number of hydrogen-bond donors (Lipinski definition) is 1. The molecule has 1 aliphatic rings. The van der Waals surface area contributed by atoms with Crippen molar-refractivity contribution in [3.05, 3.63) is 23.8 Å². The van der Waals surface area contributed by atoms with E-state index < -0.39 is 5.60 Å². The molecule has 1 unspecified atom stereocenters. The number of ketones is 1. The van der Waals surface area contributed by atoms with E-state index in [1.807, 2.05) is 26.0 Å². The summed E-state index contributed by atoms with van der Waals surface area (Å²) in [6.07, 6.45) is 6.78. The van der Waals surface area contributed by atoms with E-state index in [9.17, 15) is 4.79 Å². The molecule has 0 bridgehead atoms. The lowest BCUT2D eigenvalue weighted by atomic mass is 9.92. The summed E-state index contributed by atoms with van der Waals surface area (Å²) >= 11 is 0. The van der Waals surface area contributed by atoms with Gasteiger partial charge in [0.05, 0.1) is 11.7 Å². The Morgan fingerprint density at radius 1 is 1.40 bits per heavy atom. The molecule has 0 aromatic rings. The highest BCUT2D eigenvalue weighted by molar-refractivity contribution is 6.03. The van der Waals surface area contributed by atoms with Crippen molar-refractivity contribution < 1.29 is 19.4 Å². The molecule has 0 aliphatic heterocycles. The third kappa shape index (κ3) is 4.54. The first-order valence-electron chi connectivity index (χ1n) is 6.99. The summed E-state index contributed by atoms with van der Waals surface area (Å²) in [7, 11) is 1.54. The molecule has 0 fully saturated rings. The van der Waals surface area contributed by atoms with Crippen LogP contribution in [0.25, 0.3) is 0 Å². The first-order valence-corrected chi connectivity index (χ1v) is 6.99. The van der Waals surface area contributed by atoms with E-state index in [-0.39, 0.29) is 24.1 Å². The zero-order valence-electron chi connectivity index (χ0n) is 13.1. The molecular weight excluding hydrogens is 256 g/mol. The minimum Gasteiger partial charge on any atom is -0.396 e. The van der Waals surface area contributed by atoms with E-state index in [4.69, 9.17) is 14.6 Å². The topological polar surface area (TPSA) is 55.8 Å². The summed E-state index contributed by atoms with van der Waals surface area (Å²) in [6, 6.07) is 0. The normalized spacial score (nSPS) is 19.9. The maximum Gasteiger partial charge on any atom is 0.193 e. The van der Waals surface area contributed by atoms with E-state index in [1.165, 1.54) is 7.11 Å². The number of aliphatic hydroxyl groups excluding tert-OH is 1. The third-order valence-electron chi connectivity index (χ3n) is 3.56. The Bertz CT molecular complexity index is 405. The molecule has 0 heterocycles. The Hall–Kier alpha value is -0.970. The van der Waals surface area contributed by atoms with Crippen LogP contribution in [0.3, 0.4) is 0 Å². The summed E-state index contributed by atoms with van der Waals surface area (Å²) in [6.45, 7) is 7.53. The minimum atomic E-state index is -0.806. The predicted molar refractivity (Wildman–Crippen MR) is 78.6 cm³/mol. The molecule has 1 rings (SSSR count).